The smallest absolute Gasteiger partial charge is 0.261 e. The summed E-state index contributed by atoms with van der Waals surface area (Å²) in [5, 5.41) is 6.56. The summed E-state index contributed by atoms with van der Waals surface area (Å²) in [6, 6.07) is 15.3. The molecule has 0 spiro atoms. The van der Waals surface area contributed by atoms with E-state index in [2.05, 4.69) is 15.5 Å². The standard InChI is InChI=1S/C19H18FN3O3/c1-2-15(25-16-11-7-6-10-14(16)20)19(24)21-12-17-22-18(23-26-17)13-8-4-3-5-9-13/h3-11,15H,2,12H2,1H3,(H,21,24). The van der Waals surface area contributed by atoms with Gasteiger partial charge in [-0.3, -0.25) is 4.79 Å². The van der Waals surface area contributed by atoms with E-state index in [0.717, 1.165) is 5.56 Å². The predicted molar refractivity (Wildman–Crippen MR) is 92.7 cm³/mol. The molecule has 0 aliphatic carbocycles. The van der Waals surface area contributed by atoms with Crippen LogP contribution in [0.15, 0.2) is 59.1 Å². The molecule has 3 rings (SSSR count). The van der Waals surface area contributed by atoms with Crippen molar-refractivity contribution in [2.45, 2.75) is 26.0 Å². The van der Waals surface area contributed by atoms with Gasteiger partial charge in [-0.2, -0.15) is 4.98 Å². The van der Waals surface area contributed by atoms with Gasteiger partial charge in [-0.15, -0.1) is 0 Å². The second-order valence-corrected chi connectivity index (χ2v) is 5.54. The van der Waals surface area contributed by atoms with Crippen LogP contribution in [0.5, 0.6) is 5.75 Å². The lowest BCUT2D eigenvalue weighted by Gasteiger charge is -2.17. The summed E-state index contributed by atoms with van der Waals surface area (Å²) in [4.78, 5) is 16.5. The highest BCUT2D eigenvalue weighted by atomic mass is 19.1. The molecule has 3 aromatic rings. The molecule has 1 heterocycles. The molecule has 0 aliphatic heterocycles. The van der Waals surface area contributed by atoms with Crippen molar-refractivity contribution in [3.63, 3.8) is 0 Å². The Morgan fingerprint density at radius 2 is 1.92 bits per heavy atom. The normalized spacial score (nSPS) is 11.8. The highest BCUT2D eigenvalue weighted by Gasteiger charge is 2.20. The van der Waals surface area contributed by atoms with Crippen molar-refractivity contribution in [3.8, 4) is 17.1 Å². The number of hydrogen-bond donors (Lipinski definition) is 1. The van der Waals surface area contributed by atoms with E-state index in [-0.39, 0.29) is 24.1 Å². The number of aromatic nitrogens is 2. The van der Waals surface area contributed by atoms with Gasteiger partial charge in [0.1, 0.15) is 0 Å². The summed E-state index contributed by atoms with van der Waals surface area (Å²) in [6.07, 6.45) is -0.428. The molecule has 0 saturated carbocycles. The van der Waals surface area contributed by atoms with Gasteiger partial charge in [-0.1, -0.05) is 54.5 Å². The number of carbonyl (C=O) groups excluding carboxylic acids is 1. The molecule has 0 aliphatic rings. The lowest BCUT2D eigenvalue weighted by atomic mass is 10.2. The molecule has 26 heavy (non-hydrogen) atoms. The summed E-state index contributed by atoms with van der Waals surface area (Å²) in [7, 11) is 0. The first-order chi connectivity index (χ1) is 12.7. The SMILES string of the molecule is CCC(Oc1ccccc1F)C(=O)NCc1nc(-c2ccccc2)no1. The molecule has 134 valence electrons. The fourth-order valence-corrected chi connectivity index (χ4v) is 2.32. The van der Waals surface area contributed by atoms with Crippen molar-refractivity contribution >= 4 is 5.91 Å². The summed E-state index contributed by atoms with van der Waals surface area (Å²) in [5.74, 6) is -0.125. The average Bonchev–Trinajstić information content (AvgIpc) is 3.15. The number of halogens is 1. The molecule has 0 bridgehead atoms. The number of hydrogen-bond acceptors (Lipinski definition) is 5. The van der Waals surface area contributed by atoms with Gasteiger partial charge in [-0.25, -0.2) is 4.39 Å². The van der Waals surface area contributed by atoms with Gasteiger partial charge in [0.2, 0.25) is 11.7 Å². The Bertz CT molecular complexity index is 867. The lowest BCUT2D eigenvalue weighted by Crippen LogP contribution is -2.37. The van der Waals surface area contributed by atoms with Crippen LogP contribution in [0.2, 0.25) is 0 Å². The molecule has 1 amide bonds. The zero-order valence-corrected chi connectivity index (χ0v) is 14.2. The molecule has 1 atom stereocenters. The number of rotatable bonds is 7. The third-order valence-corrected chi connectivity index (χ3v) is 3.68. The van der Waals surface area contributed by atoms with E-state index in [1.54, 1.807) is 19.1 Å². The van der Waals surface area contributed by atoms with Crippen LogP contribution in [0.3, 0.4) is 0 Å². The Morgan fingerprint density at radius 1 is 1.19 bits per heavy atom. The molecule has 0 saturated heterocycles. The van der Waals surface area contributed by atoms with Crippen LogP contribution in [0.25, 0.3) is 11.4 Å². The number of nitrogens with zero attached hydrogens (tertiary/aromatic N) is 2. The molecule has 1 aromatic heterocycles. The van der Waals surface area contributed by atoms with Crippen LogP contribution >= 0.6 is 0 Å². The van der Waals surface area contributed by atoms with Gasteiger partial charge in [-0.05, 0) is 18.6 Å². The highest BCUT2D eigenvalue weighted by molar-refractivity contribution is 5.81. The first-order valence-corrected chi connectivity index (χ1v) is 8.24. The second kappa shape index (κ2) is 8.24. The van der Waals surface area contributed by atoms with Crippen molar-refractivity contribution in [2.75, 3.05) is 0 Å². The fraction of sp³-hybridized carbons (Fsp3) is 0.211. The van der Waals surface area contributed by atoms with Crippen LogP contribution in [0.1, 0.15) is 19.2 Å². The minimum absolute atomic E-state index is 0.0404. The molecular formula is C19H18FN3O3. The molecule has 6 nitrogen and oxygen atoms in total. The van der Waals surface area contributed by atoms with Crippen molar-refractivity contribution < 1.29 is 18.4 Å². The van der Waals surface area contributed by atoms with E-state index in [9.17, 15) is 9.18 Å². The third-order valence-electron chi connectivity index (χ3n) is 3.68. The van der Waals surface area contributed by atoms with Gasteiger partial charge in [0, 0.05) is 5.56 Å². The van der Waals surface area contributed by atoms with E-state index in [4.69, 9.17) is 9.26 Å². The first kappa shape index (κ1) is 17.6. The summed E-state index contributed by atoms with van der Waals surface area (Å²) in [6.45, 7) is 1.85. The summed E-state index contributed by atoms with van der Waals surface area (Å²) in [5.41, 5.74) is 0.822. The second-order valence-electron chi connectivity index (χ2n) is 5.54. The van der Waals surface area contributed by atoms with Gasteiger partial charge in [0.25, 0.3) is 5.91 Å². The Kier molecular flexibility index (Phi) is 5.58. The maximum atomic E-state index is 13.7. The number of benzene rings is 2. The largest absolute Gasteiger partial charge is 0.478 e. The number of ether oxygens (including phenoxy) is 1. The zero-order chi connectivity index (χ0) is 18.4. The molecule has 0 radical (unpaired) electrons. The Hall–Kier alpha value is -3.22. The molecule has 0 fully saturated rings. The monoisotopic (exact) mass is 355 g/mol. The Morgan fingerprint density at radius 3 is 2.65 bits per heavy atom. The quantitative estimate of drug-likeness (QED) is 0.703. The number of para-hydroxylation sites is 1. The minimum Gasteiger partial charge on any atom is -0.478 e. The lowest BCUT2D eigenvalue weighted by molar-refractivity contribution is -0.128. The number of nitrogens with one attached hydrogen (secondary N) is 1. The molecule has 1 N–H and O–H groups in total. The fourth-order valence-electron chi connectivity index (χ4n) is 2.32. The Balaban J connectivity index is 1.59. The summed E-state index contributed by atoms with van der Waals surface area (Å²) >= 11 is 0. The molecule has 7 heteroatoms. The molecular weight excluding hydrogens is 337 g/mol. The first-order valence-electron chi connectivity index (χ1n) is 8.24. The zero-order valence-electron chi connectivity index (χ0n) is 14.2. The highest BCUT2D eigenvalue weighted by Crippen LogP contribution is 2.18. The van der Waals surface area contributed by atoms with E-state index >= 15 is 0 Å². The van der Waals surface area contributed by atoms with Crippen molar-refractivity contribution in [1.29, 1.82) is 0 Å². The van der Waals surface area contributed by atoms with Crippen molar-refractivity contribution in [2.24, 2.45) is 0 Å². The van der Waals surface area contributed by atoms with Gasteiger partial charge in [0.05, 0.1) is 6.54 Å². The van der Waals surface area contributed by atoms with E-state index in [0.29, 0.717) is 12.2 Å². The Labute approximate surface area is 150 Å². The van der Waals surface area contributed by atoms with Crippen molar-refractivity contribution in [3.05, 3.63) is 66.3 Å². The summed E-state index contributed by atoms with van der Waals surface area (Å²) < 4.78 is 24.3. The van der Waals surface area contributed by atoms with E-state index in [1.165, 1.54) is 12.1 Å². The average molecular weight is 355 g/mol. The maximum Gasteiger partial charge on any atom is 0.261 e. The predicted octanol–water partition coefficient (Wildman–Crippen LogP) is 3.35. The number of carbonyl (C=O) groups is 1. The van der Waals surface area contributed by atoms with Crippen LogP contribution in [0, 0.1) is 5.82 Å². The topological polar surface area (TPSA) is 77.2 Å². The van der Waals surface area contributed by atoms with Gasteiger partial charge >= 0.3 is 0 Å². The third kappa shape index (κ3) is 4.24. The molecule has 1 unspecified atom stereocenters. The van der Waals surface area contributed by atoms with Gasteiger partial charge < -0.3 is 14.6 Å². The van der Waals surface area contributed by atoms with Crippen LogP contribution in [-0.2, 0) is 11.3 Å². The maximum absolute atomic E-state index is 13.7. The number of amides is 1. The van der Waals surface area contributed by atoms with Crippen LogP contribution < -0.4 is 10.1 Å². The van der Waals surface area contributed by atoms with Crippen LogP contribution in [0.4, 0.5) is 4.39 Å². The van der Waals surface area contributed by atoms with E-state index in [1.807, 2.05) is 30.3 Å². The van der Waals surface area contributed by atoms with Crippen LogP contribution in [-0.4, -0.2) is 22.2 Å². The van der Waals surface area contributed by atoms with Crippen molar-refractivity contribution in [1.82, 2.24) is 15.5 Å². The van der Waals surface area contributed by atoms with Gasteiger partial charge in [0.15, 0.2) is 17.7 Å². The minimum atomic E-state index is -0.816. The van der Waals surface area contributed by atoms with E-state index < -0.39 is 11.9 Å². The molecule has 2 aromatic carbocycles.